The number of aryl methyl sites for hydroxylation is 2. The normalized spacial score (nSPS) is 15.5. The average Bonchev–Trinajstić information content (AvgIpc) is 3.44. The molecule has 0 saturated carbocycles. The summed E-state index contributed by atoms with van der Waals surface area (Å²) in [6.07, 6.45) is 1.94. The quantitative estimate of drug-likeness (QED) is 0.343. The second kappa shape index (κ2) is 8.62. The Labute approximate surface area is 204 Å². The van der Waals surface area contributed by atoms with E-state index in [-0.39, 0.29) is 0 Å². The second-order valence-corrected chi connectivity index (χ2v) is 10.6. The fraction of sp³-hybridized carbons (Fsp3) is 0.286. The van der Waals surface area contributed by atoms with E-state index in [4.69, 9.17) is 5.10 Å². The summed E-state index contributed by atoms with van der Waals surface area (Å²) in [5.41, 5.74) is 8.02. The lowest BCUT2D eigenvalue weighted by molar-refractivity contribution is 0.148. The van der Waals surface area contributed by atoms with Crippen molar-refractivity contribution in [1.82, 2.24) is 24.4 Å². The van der Waals surface area contributed by atoms with Gasteiger partial charge in [-0.3, -0.25) is 4.90 Å². The fourth-order valence-electron chi connectivity index (χ4n) is 4.67. The molecule has 4 heterocycles. The molecule has 0 N–H and O–H groups in total. The number of rotatable bonds is 4. The van der Waals surface area contributed by atoms with Gasteiger partial charge in [0, 0.05) is 43.0 Å². The summed E-state index contributed by atoms with van der Waals surface area (Å²) in [6.45, 7) is 9.92. The third-order valence-corrected chi connectivity index (χ3v) is 8.12. The van der Waals surface area contributed by atoms with Crippen LogP contribution in [0.25, 0.3) is 37.6 Å². The molecule has 6 rings (SSSR count). The molecule has 0 aliphatic carbocycles. The van der Waals surface area contributed by atoms with Gasteiger partial charge >= 0.3 is 0 Å². The molecule has 0 amide bonds. The first kappa shape index (κ1) is 21.5. The van der Waals surface area contributed by atoms with Crippen molar-refractivity contribution in [2.75, 3.05) is 33.2 Å². The van der Waals surface area contributed by atoms with E-state index in [1.165, 1.54) is 31.7 Å². The zero-order valence-corrected chi connectivity index (χ0v) is 20.8. The van der Waals surface area contributed by atoms with Gasteiger partial charge in [-0.1, -0.05) is 30.3 Å². The maximum Gasteiger partial charge on any atom is 0.154 e. The van der Waals surface area contributed by atoms with Crippen molar-refractivity contribution >= 4 is 27.1 Å². The van der Waals surface area contributed by atoms with Crippen LogP contribution in [0.3, 0.4) is 0 Å². The Kier molecular flexibility index (Phi) is 5.44. The molecule has 5 nitrogen and oxygen atoms in total. The van der Waals surface area contributed by atoms with Gasteiger partial charge in [0.2, 0.25) is 0 Å². The van der Waals surface area contributed by atoms with Gasteiger partial charge in [0.1, 0.15) is 5.69 Å². The van der Waals surface area contributed by atoms with Crippen LogP contribution >= 0.6 is 11.3 Å². The minimum Gasteiger partial charge on any atom is -0.304 e. The first-order valence-electron chi connectivity index (χ1n) is 11.9. The van der Waals surface area contributed by atoms with Gasteiger partial charge in [0.05, 0.1) is 16.8 Å². The number of imidazole rings is 1. The molecule has 1 saturated heterocycles. The van der Waals surface area contributed by atoms with Crippen molar-refractivity contribution in [3.8, 4) is 21.8 Å². The van der Waals surface area contributed by atoms with Gasteiger partial charge in [-0.25, -0.2) is 9.50 Å². The van der Waals surface area contributed by atoms with Crippen LogP contribution < -0.4 is 0 Å². The smallest absolute Gasteiger partial charge is 0.154 e. The highest BCUT2D eigenvalue weighted by molar-refractivity contribution is 7.22. The second-order valence-electron chi connectivity index (χ2n) is 9.49. The van der Waals surface area contributed by atoms with E-state index >= 15 is 0 Å². The number of nitrogens with zero attached hydrogens (tertiary/aromatic N) is 5. The number of benzene rings is 2. The van der Waals surface area contributed by atoms with Crippen LogP contribution in [0.15, 0.2) is 60.8 Å². The number of likely N-dealkylation sites (N-methyl/N-ethyl adjacent to an activating group) is 1. The number of fused-ring (bicyclic) bond motifs is 2. The van der Waals surface area contributed by atoms with E-state index in [0.717, 1.165) is 55.3 Å². The van der Waals surface area contributed by atoms with Crippen LogP contribution in [-0.2, 0) is 6.54 Å². The largest absolute Gasteiger partial charge is 0.304 e. The summed E-state index contributed by atoms with van der Waals surface area (Å²) in [7, 11) is 2.20. The number of hydrogen-bond donors (Lipinski definition) is 0. The van der Waals surface area contributed by atoms with Crippen LogP contribution in [0.4, 0.5) is 0 Å². The Hall–Kier alpha value is -3.06. The predicted octanol–water partition coefficient (Wildman–Crippen LogP) is 5.64. The summed E-state index contributed by atoms with van der Waals surface area (Å²) in [5, 5.41) is 6.27. The standard InChI is InChI=1S/C28H29N5S/c1-19-14-23-16-27(34-26(23)15-20(19)2)25-17-29-28-9-8-24(30-33(25)28)22-6-4-21(5-7-22)18-32-12-10-31(3)11-13-32/h4-9,14-17H,10-13,18H2,1-3H3. The lowest BCUT2D eigenvalue weighted by Crippen LogP contribution is -2.43. The lowest BCUT2D eigenvalue weighted by Gasteiger charge is -2.32. The number of hydrogen-bond acceptors (Lipinski definition) is 5. The van der Waals surface area contributed by atoms with Crippen LogP contribution in [0.2, 0.25) is 0 Å². The third-order valence-electron chi connectivity index (χ3n) is 7.00. The van der Waals surface area contributed by atoms with E-state index in [1.807, 2.05) is 10.7 Å². The van der Waals surface area contributed by atoms with Crippen molar-refractivity contribution in [1.29, 1.82) is 0 Å². The zero-order valence-electron chi connectivity index (χ0n) is 20.0. The topological polar surface area (TPSA) is 36.7 Å². The Bertz CT molecular complexity index is 1430. The molecule has 3 aromatic heterocycles. The number of thiophene rings is 1. The highest BCUT2D eigenvalue weighted by atomic mass is 32.1. The van der Waals surface area contributed by atoms with E-state index in [9.17, 15) is 0 Å². The van der Waals surface area contributed by atoms with Crippen LogP contribution in [0.1, 0.15) is 16.7 Å². The van der Waals surface area contributed by atoms with E-state index in [2.05, 4.69) is 90.3 Å². The first-order chi connectivity index (χ1) is 16.5. The summed E-state index contributed by atoms with van der Waals surface area (Å²) in [6, 6.07) is 19.8. The van der Waals surface area contributed by atoms with Crippen LogP contribution in [0.5, 0.6) is 0 Å². The molecule has 6 heteroatoms. The SMILES string of the molecule is Cc1cc2cc(-c3cnc4ccc(-c5ccc(CN6CCN(C)CC6)cc5)nn34)sc2cc1C. The molecule has 0 unspecified atom stereocenters. The molecule has 0 bridgehead atoms. The molecule has 0 spiro atoms. The first-order valence-corrected chi connectivity index (χ1v) is 12.7. The van der Waals surface area contributed by atoms with Gasteiger partial charge in [-0.2, -0.15) is 5.10 Å². The van der Waals surface area contributed by atoms with Gasteiger partial charge in [0.25, 0.3) is 0 Å². The third kappa shape index (κ3) is 4.02. The Balaban J connectivity index is 1.29. The molecule has 0 atom stereocenters. The van der Waals surface area contributed by atoms with Gasteiger partial charge in [-0.15, -0.1) is 11.3 Å². The van der Waals surface area contributed by atoms with Crippen LogP contribution in [0, 0.1) is 13.8 Å². The maximum absolute atomic E-state index is 4.99. The zero-order chi connectivity index (χ0) is 23.2. The molecule has 172 valence electrons. The molecule has 1 aliphatic heterocycles. The minimum atomic E-state index is 0.871. The van der Waals surface area contributed by atoms with Crippen molar-refractivity contribution in [2.24, 2.45) is 0 Å². The molecule has 34 heavy (non-hydrogen) atoms. The molecular weight excluding hydrogens is 438 g/mol. The van der Waals surface area contributed by atoms with E-state index < -0.39 is 0 Å². The fourth-order valence-corrected chi connectivity index (χ4v) is 5.81. The Morgan fingerprint density at radius 3 is 2.44 bits per heavy atom. The van der Waals surface area contributed by atoms with Crippen molar-refractivity contribution in [2.45, 2.75) is 20.4 Å². The monoisotopic (exact) mass is 467 g/mol. The molecule has 1 fully saturated rings. The minimum absolute atomic E-state index is 0.871. The van der Waals surface area contributed by atoms with Gasteiger partial charge in [-0.05, 0) is 67.2 Å². The number of piperazine rings is 1. The summed E-state index contributed by atoms with van der Waals surface area (Å²) >= 11 is 1.80. The molecule has 2 aromatic carbocycles. The molecule has 1 aliphatic rings. The van der Waals surface area contributed by atoms with Crippen molar-refractivity contribution in [3.63, 3.8) is 0 Å². The maximum atomic E-state index is 4.99. The summed E-state index contributed by atoms with van der Waals surface area (Å²) in [4.78, 5) is 10.7. The highest BCUT2D eigenvalue weighted by Crippen LogP contribution is 2.35. The summed E-state index contributed by atoms with van der Waals surface area (Å²) in [5.74, 6) is 0. The van der Waals surface area contributed by atoms with E-state index in [1.54, 1.807) is 11.3 Å². The summed E-state index contributed by atoms with van der Waals surface area (Å²) < 4.78 is 3.29. The number of aromatic nitrogens is 3. The van der Waals surface area contributed by atoms with Gasteiger partial charge in [0.15, 0.2) is 5.65 Å². The van der Waals surface area contributed by atoms with E-state index in [0.29, 0.717) is 0 Å². The van der Waals surface area contributed by atoms with Gasteiger partial charge < -0.3 is 4.90 Å². The lowest BCUT2D eigenvalue weighted by atomic mass is 10.1. The predicted molar refractivity (Wildman–Crippen MR) is 141 cm³/mol. The highest BCUT2D eigenvalue weighted by Gasteiger charge is 2.15. The molecule has 5 aromatic rings. The average molecular weight is 468 g/mol. The van der Waals surface area contributed by atoms with Crippen molar-refractivity contribution in [3.05, 3.63) is 77.5 Å². The molecule has 0 radical (unpaired) electrons. The van der Waals surface area contributed by atoms with Crippen LogP contribution in [-0.4, -0.2) is 57.6 Å². The van der Waals surface area contributed by atoms with Crippen molar-refractivity contribution < 1.29 is 0 Å². The molecular formula is C28H29N5S. The Morgan fingerprint density at radius 1 is 0.882 bits per heavy atom. The Morgan fingerprint density at radius 2 is 1.65 bits per heavy atom.